The number of benzene rings is 2. The molecule has 0 spiro atoms. The molecule has 0 aromatic heterocycles. The van der Waals surface area contributed by atoms with E-state index in [-0.39, 0.29) is 5.75 Å². The van der Waals surface area contributed by atoms with Crippen LogP contribution < -0.4 is 4.72 Å². The molecule has 2 rings (SSSR count). The van der Waals surface area contributed by atoms with Gasteiger partial charge >= 0.3 is 0 Å². The molecule has 0 heterocycles. The van der Waals surface area contributed by atoms with Crippen molar-refractivity contribution in [1.29, 1.82) is 5.26 Å². The summed E-state index contributed by atoms with van der Waals surface area (Å²) in [6.45, 7) is 0. The molecule has 0 aliphatic rings. The quantitative estimate of drug-likeness (QED) is 0.881. The number of nitrogens with one attached hydrogen (secondary N) is 1. The Balaban J connectivity index is 2.14. The molecule has 0 saturated carbocycles. The van der Waals surface area contributed by atoms with Crippen molar-refractivity contribution in [3.05, 3.63) is 65.2 Å². The van der Waals surface area contributed by atoms with Gasteiger partial charge in [0.15, 0.2) is 0 Å². The van der Waals surface area contributed by atoms with E-state index in [2.05, 4.69) is 10.6 Å². The normalized spacial score (nSPS) is 10.4. The second kappa shape index (κ2) is 6.13. The molecule has 0 fully saturated rings. The average molecular weight is 296 g/mol. The van der Waals surface area contributed by atoms with Gasteiger partial charge in [0.25, 0.3) is 0 Å². The van der Waals surface area contributed by atoms with Gasteiger partial charge in [0, 0.05) is 11.3 Å². The second-order valence-electron chi connectivity index (χ2n) is 4.40. The Morgan fingerprint density at radius 2 is 1.81 bits per heavy atom. The molecule has 0 bridgehead atoms. The van der Waals surface area contributed by atoms with E-state index in [1.807, 2.05) is 6.07 Å². The lowest BCUT2D eigenvalue weighted by molar-refractivity contribution is 0.600. The maximum absolute atomic E-state index is 12.1. The molecule has 2 aromatic carbocycles. The van der Waals surface area contributed by atoms with Crippen molar-refractivity contribution in [2.45, 2.75) is 5.75 Å². The third-order valence-electron chi connectivity index (χ3n) is 2.74. The number of hydrogen-bond donors (Lipinski definition) is 1. The zero-order chi connectivity index (χ0) is 15.3. The lowest BCUT2D eigenvalue weighted by atomic mass is 10.2. The predicted octanol–water partition coefficient (Wildman–Crippen LogP) is 2.48. The molecule has 21 heavy (non-hydrogen) atoms. The van der Waals surface area contributed by atoms with Crippen LogP contribution in [0.2, 0.25) is 0 Å². The molecule has 0 saturated heterocycles. The van der Waals surface area contributed by atoms with E-state index < -0.39 is 10.0 Å². The molecule has 2 aromatic rings. The zero-order valence-electron chi connectivity index (χ0n) is 11.1. The van der Waals surface area contributed by atoms with Gasteiger partial charge in [0.2, 0.25) is 10.0 Å². The van der Waals surface area contributed by atoms with Gasteiger partial charge in [-0.05, 0) is 35.9 Å². The molecular weight excluding hydrogens is 284 g/mol. The minimum Gasteiger partial charge on any atom is -0.283 e. The largest absolute Gasteiger partial charge is 0.283 e. The summed E-state index contributed by atoms with van der Waals surface area (Å²) in [5.74, 6) is 2.28. The molecule has 0 radical (unpaired) electrons. The Bertz CT molecular complexity index is 826. The Morgan fingerprint density at radius 3 is 2.43 bits per heavy atom. The molecule has 0 aliphatic heterocycles. The summed E-state index contributed by atoms with van der Waals surface area (Å²) in [6, 6.07) is 15.0. The van der Waals surface area contributed by atoms with Gasteiger partial charge in [0.05, 0.1) is 17.4 Å². The van der Waals surface area contributed by atoms with Crippen LogP contribution in [0.3, 0.4) is 0 Å². The predicted molar refractivity (Wildman–Crippen MR) is 81.8 cm³/mol. The fourth-order valence-corrected chi connectivity index (χ4v) is 2.97. The van der Waals surface area contributed by atoms with Crippen molar-refractivity contribution in [3.8, 4) is 18.4 Å². The number of terminal acetylenes is 1. The van der Waals surface area contributed by atoms with Crippen LogP contribution >= 0.6 is 0 Å². The van der Waals surface area contributed by atoms with Gasteiger partial charge in [-0.3, -0.25) is 4.72 Å². The molecule has 0 aliphatic carbocycles. The topological polar surface area (TPSA) is 70.0 Å². The highest BCUT2D eigenvalue weighted by molar-refractivity contribution is 7.91. The Morgan fingerprint density at radius 1 is 1.10 bits per heavy atom. The number of anilines is 1. The standard InChI is InChI=1S/C16H12N2O2S/c1-2-13-4-3-5-16(10-13)18-21(19,20)12-15-8-6-14(11-17)7-9-15/h1,3-10,18H,12H2. The highest BCUT2D eigenvalue weighted by atomic mass is 32.2. The van der Waals surface area contributed by atoms with Crippen LogP contribution in [-0.4, -0.2) is 8.42 Å². The summed E-state index contributed by atoms with van der Waals surface area (Å²) in [6.07, 6.45) is 5.28. The first-order chi connectivity index (χ1) is 10.0. The number of nitriles is 1. The van der Waals surface area contributed by atoms with E-state index in [1.54, 1.807) is 48.5 Å². The van der Waals surface area contributed by atoms with Crippen LogP contribution in [0, 0.1) is 23.7 Å². The molecule has 0 atom stereocenters. The average Bonchev–Trinajstić information content (AvgIpc) is 2.47. The third kappa shape index (κ3) is 4.10. The van der Waals surface area contributed by atoms with Crippen molar-refractivity contribution in [2.24, 2.45) is 0 Å². The second-order valence-corrected chi connectivity index (χ2v) is 6.12. The van der Waals surface area contributed by atoms with Crippen molar-refractivity contribution in [2.75, 3.05) is 4.72 Å². The van der Waals surface area contributed by atoms with Crippen LogP contribution in [0.4, 0.5) is 5.69 Å². The maximum Gasteiger partial charge on any atom is 0.236 e. The van der Waals surface area contributed by atoms with Crippen LogP contribution in [0.25, 0.3) is 0 Å². The van der Waals surface area contributed by atoms with Crippen LogP contribution in [-0.2, 0) is 15.8 Å². The first-order valence-corrected chi connectivity index (χ1v) is 7.74. The number of sulfonamides is 1. The summed E-state index contributed by atoms with van der Waals surface area (Å²) < 4.78 is 26.7. The fraction of sp³-hybridized carbons (Fsp3) is 0.0625. The summed E-state index contributed by atoms with van der Waals surface area (Å²) >= 11 is 0. The van der Waals surface area contributed by atoms with Crippen molar-refractivity contribution in [1.82, 2.24) is 0 Å². The van der Waals surface area contributed by atoms with Gasteiger partial charge in [0.1, 0.15) is 0 Å². The molecular formula is C16H12N2O2S. The SMILES string of the molecule is C#Cc1cccc(NS(=O)(=O)Cc2ccc(C#N)cc2)c1. The lowest BCUT2D eigenvalue weighted by Crippen LogP contribution is -2.15. The molecule has 4 nitrogen and oxygen atoms in total. The number of hydrogen-bond acceptors (Lipinski definition) is 3. The van der Waals surface area contributed by atoms with Gasteiger partial charge in [-0.25, -0.2) is 8.42 Å². The summed E-state index contributed by atoms with van der Waals surface area (Å²) in [5, 5.41) is 8.71. The van der Waals surface area contributed by atoms with Crippen LogP contribution in [0.15, 0.2) is 48.5 Å². The molecule has 0 amide bonds. The van der Waals surface area contributed by atoms with Crippen LogP contribution in [0.1, 0.15) is 16.7 Å². The molecule has 5 heteroatoms. The first kappa shape index (κ1) is 14.6. The summed E-state index contributed by atoms with van der Waals surface area (Å²) in [5.41, 5.74) is 2.13. The summed E-state index contributed by atoms with van der Waals surface area (Å²) in [4.78, 5) is 0. The Labute approximate surface area is 124 Å². The van der Waals surface area contributed by atoms with Crippen LogP contribution in [0.5, 0.6) is 0 Å². The number of rotatable bonds is 4. The molecule has 1 N–H and O–H groups in total. The van der Waals surface area contributed by atoms with E-state index in [9.17, 15) is 8.42 Å². The highest BCUT2D eigenvalue weighted by Gasteiger charge is 2.12. The summed E-state index contributed by atoms with van der Waals surface area (Å²) in [7, 11) is -3.53. The smallest absolute Gasteiger partial charge is 0.236 e. The van der Waals surface area contributed by atoms with Gasteiger partial charge < -0.3 is 0 Å². The maximum atomic E-state index is 12.1. The van der Waals surface area contributed by atoms with Gasteiger partial charge in [-0.1, -0.05) is 24.1 Å². The Hall–Kier alpha value is -2.76. The van der Waals surface area contributed by atoms with Gasteiger partial charge in [-0.15, -0.1) is 6.42 Å². The van der Waals surface area contributed by atoms with E-state index in [1.165, 1.54) is 0 Å². The third-order valence-corrected chi connectivity index (χ3v) is 4.00. The molecule has 0 unspecified atom stereocenters. The minimum atomic E-state index is -3.53. The van der Waals surface area contributed by atoms with E-state index in [0.717, 1.165) is 0 Å². The monoisotopic (exact) mass is 296 g/mol. The lowest BCUT2D eigenvalue weighted by Gasteiger charge is -2.08. The van der Waals surface area contributed by atoms with E-state index in [0.29, 0.717) is 22.4 Å². The highest BCUT2D eigenvalue weighted by Crippen LogP contribution is 2.14. The van der Waals surface area contributed by atoms with Crippen molar-refractivity contribution < 1.29 is 8.42 Å². The molecule has 104 valence electrons. The van der Waals surface area contributed by atoms with Gasteiger partial charge in [-0.2, -0.15) is 5.26 Å². The fourth-order valence-electron chi connectivity index (χ4n) is 1.78. The van der Waals surface area contributed by atoms with E-state index in [4.69, 9.17) is 11.7 Å². The van der Waals surface area contributed by atoms with Crippen molar-refractivity contribution >= 4 is 15.7 Å². The zero-order valence-corrected chi connectivity index (χ0v) is 11.9. The van der Waals surface area contributed by atoms with E-state index >= 15 is 0 Å². The first-order valence-electron chi connectivity index (χ1n) is 6.08. The number of nitrogens with zero attached hydrogens (tertiary/aromatic N) is 1. The Kier molecular flexibility index (Phi) is 4.27. The minimum absolute atomic E-state index is 0.168. The van der Waals surface area contributed by atoms with Crippen molar-refractivity contribution in [3.63, 3.8) is 0 Å².